The van der Waals surface area contributed by atoms with Crippen LogP contribution in [0.15, 0.2) is 48.8 Å². The number of aryl methyl sites for hydroxylation is 1. The first kappa shape index (κ1) is 18.2. The predicted octanol–water partition coefficient (Wildman–Crippen LogP) is 4.00. The minimum Gasteiger partial charge on any atom is -0.344 e. The van der Waals surface area contributed by atoms with Crippen molar-refractivity contribution in [2.24, 2.45) is 0 Å². The summed E-state index contributed by atoms with van der Waals surface area (Å²) in [6.45, 7) is 4.19. The molecule has 1 amide bonds. The number of carbonyl (C=O) groups is 1. The van der Waals surface area contributed by atoms with E-state index >= 15 is 0 Å². The number of likely N-dealkylation sites (tertiary alicyclic amines) is 1. The molecule has 27 heavy (non-hydrogen) atoms. The van der Waals surface area contributed by atoms with Gasteiger partial charge in [0.25, 0.3) is 0 Å². The molecule has 4 heteroatoms. The van der Waals surface area contributed by atoms with Crippen molar-refractivity contribution in [2.45, 2.75) is 57.0 Å². The van der Waals surface area contributed by atoms with E-state index in [1.54, 1.807) is 12.4 Å². The number of hydrogen-bond acceptors (Lipinski definition) is 3. The summed E-state index contributed by atoms with van der Waals surface area (Å²) in [6, 6.07) is 12.3. The lowest BCUT2D eigenvalue weighted by molar-refractivity contribution is -0.133. The number of rotatable bonds is 5. The number of nitrogens with one attached hydrogen (secondary N) is 1. The maximum Gasteiger partial charge on any atom is 0.241 e. The molecule has 0 radical (unpaired) electrons. The summed E-state index contributed by atoms with van der Waals surface area (Å²) in [5.74, 6) is 0.198. The third-order valence-electron chi connectivity index (χ3n) is 6.29. The molecule has 1 aromatic heterocycles. The molecule has 0 spiro atoms. The zero-order valence-electron chi connectivity index (χ0n) is 16.2. The van der Waals surface area contributed by atoms with Crippen molar-refractivity contribution in [3.63, 3.8) is 0 Å². The maximum atomic E-state index is 13.6. The quantitative estimate of drug-likeness (QED) is 0.873. The second kappa shape index (κ2) is 7.81. The zero-order chi connectivity index (χ0) is 18.7. The Morgan fingerprint density at radius 1 is 0.963 bits per heavy atom. The Hall–Kier alpha value is -2.20. The van der Waals surface area contributed by atoms with Gasteiger partial charge in [-0.1, -0.05) is 42.7 Å². The van der Waals surface area contributed by atoms with Crippen LogP contribution in [-0.4, -0.2) is 34.4 Å². The molecule has 2 fully saturated rings. The van der Waals surface area contributed by atoms with Crippen LogP contribution in [0.25, 0.3) is 0 Å². The van der Waals surface area contributed by atoms with Gasteiger partial charge in [-0.3, -0.25) is 14.7 Å². The number of aromatic nitrogens is 1. The molecule has 1 aliphatic carbocycles. The summed E-state index contributed by atoms with van der Waals surface area (Å²) in [6.07, 6.45) is 10.3. The lowest BCUT2D eigenvalue weighted by atomic mass is 9.91. The Balaban J connectivity index is 1.64. The Labute approximate surface area is 162 Å². The fourth-order valence-electron chi connectivity index (χ4n) is 4.73. The SMILES string of the molecule is Cc1ccc(C(NC(=O)C2(N3CCCC3)CCCC2)c2ccncc2)cc1. The second-order valence-corrected chi connectivity index (χ2v) is 8.03. The molecule has 1 saturated heterocycles. The summed E-state index contributed by atoms with van der Waals surface area (Å²) < 4.78 is 0. The van der Waals surface area contributed by atoms with Crippen molar-refractivity contribution < 1.29 is 4.79 Å². The summed E-state index contributed by atoms with van der Waals surface area (Å²) in [5, 5.41) is 3.42. The molecule has 142 valence electrons. The van der Waals surface area contributed by atoms with Crippen LogP contribution in [-0.2, 0) is 4.79 Å². The van der Waals surface area contributed by atoms with Gasteiger partial charge in [-0.25, -0.2) is 0 Å². The first-order chi connectivity index (χ1) is 13.2. The van der Waals surface area contributed by atoms with E-state index < -0.39 is 0 Å². The van der Waals surface area contributed by atoms with E-state index in [0.29, 0.717) is 0 Å². The molecular formula is C23H29N3O. The van der Waals surface area contributed by atoms with Crippen molar-refractivity contribution in [2.75, 3.05) is 13.1 Å². The highest BCUT2D eigenvalue weighted by Gasteiger charge is 2.47. The highest BCUT2D eigenvalue weighted by Crippen LogP contribution is 2.38. The average molecular weight is 364 g/mol. The van der Waals surface area contributed by atoms with Crippen LogP contribution in [0.5, 0.6) is 0 Å². The van der Waals surface area contributed by atoms with Crippen LogP contribution in [0.4, 0.5) is 0 Å². The van der Waals surface area contributed by atoms with E-state index in [-0.39, 0.29) is 17.5 Å². The molecule has 4 rings (SSSR count). The van der Waals surface area contributed by atoms with Crippen LogP contribution in [0.3, 0.4) is 0 Å². The Kier molecular flexibility index (Phi) is 5.26. The fourth-order valence-corrected chi connectivity index (χ4v) is 4.73. The van der Waals surface area contributed by atoms with Crippen LogP contribution < -0.4 is 5.32 Å². The zero-order valence-corrected chi connectivity index (χ0v) is 16.2. The van der Waals surface area contributed by atoms with Gasteiger partial charge in [-0.05, 0) is 69.0 Å². The average Bonchev–Trinajstić information content (AvgIpc) is 3.40. The van der Waals surface area contributed by atoms with E-state index in [9.17, 15) is 4.79 Å². The van der Waals surface area contributed by atoms with Crippen molar-refractivity contribution in [3.05, 3.63) is 65.5 Å². The number of nitrogens with zero attached hydrogens (tertiary/aromatic N) is 2. The van der Waals surface area contributed by atoms with E-state index in [4.69, 9.17) is 0 Å². The molecule has 1 N–H and O–H groups in total. The van der Waals surface area contributed by atoms with Gasteiger partial charge < -0.3 is 5.32 Å². The Bertz CT molecular complexity index is 760. The lowest BCUT2D eigenvalue weighted by Crippen LogP contribution is -2.56. The van der Waals surface area contributed by atoms with Gasteiger partial charge in [-0.15, -0.1) is 0 Å². The molecule has 1 aromatic carbocycles. The van der Waals surface area contributed by atoms with E-state index in [1.165, 1.54) is 18.4 Å². The van der Waals surface area contributed by atoms with Crippen molar-refractivity contribution in [3.8, 4) is 0 Å². The molecule has 1 atom stereocenters. The van der Waals surface area contributed by atoms with Crippen LogP contribution in [0.1, 0.15) is 61.3 Å². The van der Waals surface area contributed by atoms with E-state index in [1.807, 2.05) is 12.1 Å². The first-order valence-electron chi connectivity index (χ1n) is 10.2. The molecule has 2 aliphatic rings. The van der Waals surface area contributed by atoms with Crippen LogP contribution >= 0.6 is 0 Å². The molecule has 1 unspecified atom stereocenters. The highest BCUT2D eigenvalue weighted by molar-refractivity contribution is 5.87. The Morgan fingerprint density at radius 3 is 2.19 bits per heavy atom. The van der Waals surface area contributed by atoms with E-state index in [0.717, 1.165) is 49.9 Å². The number of pyridine rings is 1. The van der Waals surface area contributed by atoms with Crippen molar-refractivity contribution in [1.82, 2.24) is 15.2 Å². The minimum atomic E-state index is -0.313. The molecule has 2 heterocycles. The Morgan fingerprint density at radius 2 is 1.56 bits per heavy atom. The third-order valence-corrected chi connectivity index (χ3v) is 6.29. The summed E-state index contributed by atoms with van der Waals surface area (Å²) in [5.41, 5.74) is 3.11. The van der Waals surface area contributed by atoms with Crippen LogP contribution in [0, 0.1) is 6.92 Å². The maximum absolute atomic E-state index is 13.6. The summed E-state index contributed by atoms with van der Waals surface area (Å²) in [7, 11) is 0. The van der Waals surface area contributed by atoms with Gasteiger partial charge >= 0.3 is 0 Å². The first-order valence-corrected chi connectivity index (χ1v) is 10.2. The lowest BCUT2D eigenvalue weighted by Gasteiger charge is -2.38. The minimum absolute atomic E-state index is 0.138. The number of benzene rings is 1. The number of carbonyl (C=O) groups excluding carboxylic acids is 1. The largest absolute Gasteiger partial charge is 0.344 e. The van der Waals surface area contributed by atoms with Gasteiger partial charge in [-0.2, -0.15) is 0 Å². The fraction of sp³-hybridized carbons (Fsp3) is 0.478. The smallest absolute Gasteiger partial charge is 0.241 e. The van der Waals surface area contributed by atoms with Gasteiger partial charge in [0.15, 0.2) is 0 Å². The number of hydrogen-bond donors (Lipinski definition) is 1. The summed E-state index contributed by atoms with van der Waals surface area (Å²) >= 11 is 0. The van der Waals surface area contributed by atoms with Gasteiger partial charge in [0.05, 0.1) is 6.04 Å². The molecule has 1 aliphatic heterocycles. The van der Waals surface area contributed by atoms with Gasteiger partial charge in [0, 0.05) is 12.4 Å². The topological polar surface area (TPSA) is 45.2 Å². The normalized spacial score (nSPS) is 20.5. The predicted molar refractivity (Wildman–Crippen MR) is 107 cm³/mol. The standard InChI is InChI=1S/C23H29N3O/c1-18-6-8-19(9-7-18)21(20-10-14-24-15-11-20)25-22(27)23(12-2-3-13-23)26-16-4-5-17-26/h6-11,14-15,21H,2-5,12-13,16-17H2,1H3,(H,25,27). The number of amides is 1. The van der Waals surface area contributed by atoms with Gasteiger partial charge in [0.2, 0.25) is 5.91 Å². The van der Waals surface area contributed by atoms with Gasteiger partial charge in [0.1, 0.15) is 5.54 Å². The van der Waals surface area contributed by atoms with Crippen LogP contribution in [0.2, 0.25) is 0 Å². The van der Waals surface area contributed by atoms with E-state index in [2.05, 4.69) is 46.4 Å². The molecule has 0 bridgehead atoms. The summed E-state index contributed by atoms with van der Waals surface area (Å²) in [4.78, 5) is 20.2. The third kappa shape index (κ3) is 3.63. The molecule has 4 nitrogen and oxygen atoms in total. The van der Waals surface area contributed by atoms with Crippen molar-refractivity contribution in [1.29, 1.82) is 0 Å². The highest BCUT2D eigenvalue weighted by atomic mass is 16.2. The molecular weight excluding hydrogens is 334 g/mol. The van der Waals surface area contributed by atoms with Crippen molar-refractivity contribution >= 4 is 5.91 Å². The monoisotopic (exact) mass is 363 g/mol. The molecule has 2 aromatic rings. The second-order valence-electron chi connectivity index (χ2n) is 8.03. The molecule has 1 saturated carbocycles.